The summed E-state index contributed by atoms with van der Waals surface area (Å²) in [4.78, 5) is 0. The predicted octanol–water partition coefficient (Wildman–Crippen LogP) is 0.810. The van der Waals surface area contributed by atoms with Crippen LogP contribution in [0.3, 0.4) is 0 Å². The van der Waals surface area contributed by atoms with E-state index in [9.17, 15) is 0 Å². The Morgan fingerprint density at radius 3 is 1.88 bits per heavy atom. The predicted molar refractivity (Wildman–Crippen MR) is 63.3 cm³/mol. The number of rotatable bonds is 1. The smallest absolute Gasteiger partial charge is 0.399 e. The molecule has 0 saturated carbocycles. The summed E-state index contributed by atoms with van der Waals surface area (Å²) in [6.07, 6.45) is 4.00. The van der Waals surface area contributed by atoms with Crippen molar-refractivity contribution in [2.45, 2.75) is 38.9 Å². The highest BCUT2D eigenvalue weighted by atomic mass is 16.7. The summed E-state index contributed by atoms with van der Waals surface area (Å²) in [7, 11) is 1.74. The summed E-state index contributed by atoms with van der Waals surface area (Å²) in [5, 5.41) is 0. The van der Waals surface area contributed by atoms with Crippen molar-refractivity contribution in [1.82, 2.24) is 0 Å². The molecule has 1 aliphatic rings. The van der Waals surface area contributed by atoms with Gasteiger partial charge in [0.2, 0.25) is 0 Å². The molecule has 0 unspecified atom stereocenters. The van der Waals surface area contributed by atoms with Gasteiger partial charge in [-0.2, -0.15) is 0 Å². The summed E-state index contributed by atoms with van der Waals surface area (Å²) in [5.41, 5.74) is 0.530. The molecule has 0 amide bonds. The molecule has 2 rings (SSSR count). The van der Waals surface area contributed by atoms with Crippen LogP contribution >= 0.6 is 0 Å². The molecule has 4 heteroatoms. The summed E-state index contributed by atoms with van der Waals surface area (Å²) in [5.74, 6) is 0. The average Bonchev–Trinajstić information content (AvgIpc) is 2.37. The highest BCUT2D eigenvalue weighted by molar-refractivity contribution is 6.62. The van der Waals surface area contributed by atoms with Gasteiger partial charge in [-0.3, -0.25) is 0 Å². The van der Waals surface area contributed by atoms with Gasteiger partial charge in [0.25, 0.3) is 0 Å². The van der Waals surface area contributed by atoms with E-state index in [-0.39, 0.29) is 18.3 Å². The Hall–Kier alpha value is -0.865. The monoisotopic (exact) mass is 220 g/mol. The number of pyridine rings is 1. The molecule has 86 valence electrons. The zero-order valence-electron chi connectivity index (χ0n) is 10.7. The van der Waals surface area contributed by atoms with Crippen molar-refractivity contribution in [2.24, 2.45) is 7.05 Å². The minimum atomic E-state index is -0.268. The van der Waals surface area contributed by atoms with Gasteiger partial charge in [0, 0.05) is 12.1 Å². The molecule has 1 aromatic heterocycles. The van der Waals surface area contributed by atoms with Crippen molar-refractivity contribution in [3.8, 4) is 0 Å². The van der Waals surface area contributed by atoms with Crippen LogP contribution in [0.5, 0.6) is 0 Å². The summed E-state index contributed by atoms with van der Waals surface area (Å²) in [6, 6.07) is 4.06. The van der Waals surface area contributed by atoms with Gasteiger partial charge in [0.15, 0.2) is 12.4 Å². The normalized spacial score (nSPS) is 22.4. The molecule has 0 radical (unpaired) electrons. The van der Waals surface area contributed by atoms with Crippen molar-refractivity contribution >= 4 is 12.6 Å². The molecule has 1 saturated heterocycles. The van der Waals surface area contributed by atoms with Crippen molar-refractivity contribution in [3.63, 3.8) is 0 Å². The van der Waals surface area contributed by atoms with Crippen LogP contribution in [0.2, 0.25) is 0 Å². The van der Waals surface area contributed by atoms with E-state index in [1.807, 2.05) is 36.1 Å². The van der Waals surface area contributed by atoms with Gasteiger partial charge in [-0.05, 0) is 33.2 Å². The first-order valence-electron chi connectivity index (χ1n) is 5.63. The number of hydrogen-bond donors (Lipinski definition) is 0. The van der Waals surface area contributed by atoms with Gasteiger partial charge in [-0.15, -0.1) is 0 Å². The van der Waals surface area contributed by atoms with E-state index in [0.717, 1.165) is 5.46 Å². The van der Waals surface area contributed by atoms with E-state index < -0.39 is 0 Å². The van der Waals surface area contributed by atoms with E-state index in [1.54, 1.807) is 0 Å². The third-order valence-corrected chi connectivity index (χ3v) is 3.53. The second-order valence-electron chi connectivity index (χ2n) is 5.39. The quantitative estimate of drug-likeness (QED) is 0.516. The van der Waals surface area contributed by atoms with Crippen LogP contribution < -0.4 is 10.0 Å². The molecule has 0 aliphatic carbocycles. The zero-order valence-corrected chi connectivity index (χ0v) is 10.7. The van der Waals surface area contributed by atoms with Crippen LogP contribution in [0.4, 0.5) is 0 Å². The van der Waals surface area contributed by atoms with Gasteiger partial charge in [-0.1, -0.05) is 0 Å². The number of hydrogen-bond acceptors (Lipinski definition) is 2. The third kappa shape index (κ3) is 1.87. The molecule has 16 heavy (non-hydrogen) atoms. The van der Waals surface area contributed by atoms with Gasteiger partial charge in [-0.25, -0.2) is 4.57 Å². The lowest BCUT2D eigenvalue weighted by atomic mass is 9.80. The number of aromatic nitrogens is 1. The number of aryl methyl sites for hydroxylation is 1. The lowest BCUT2D eigenvalue weighted by molar-refractivity contribution is -0.671. The Morgan fingerprint density at radius 1 is 1.00 bits per heavy atom. The van der Waals surface area contributed by atoms with Crippen LogP contribution in [-0.4, -0.2) is 18.3 Å². The molecule has 1 aliphatic heterocycles. The maximum Gasteiger partial charge on any atom is 0.495 e. The summed E-state index contributed by atoms with van der Waals surface area (Å²) in [6.45, 7) is 8.26. The first kappa shape index (κ1) is 11.6. The van der Waals surface area contributed by atoms with E-state index >= 15 is 0 Å². The molecular weight excluding hydrogens is 201 g/mol. The van der Waals surface area contributed by atoms with Crippen LogP contribution in [0.25, 0.3) is 0 Å². The molecule has 2 heterocycles. The molecule has 1 aromatic rings. The Morgan fingerprint density at radius 2 is 1.44 bits per heavy atom. The van der Waals surface area contributed by atoms with Gasteiger partial charge in [0.05, 0.1) is 11.2 Å². The Kier molecular flexibility index (Phi) is 2.59. The fourth-order valence-electron chi connectivity index (χ4n) is 1.65. The van der Waals surface area contributed by atoms with Crippen LogP contribution in [0.1, 0.15) is 27.7 Å². The first-order chi connectivity index (χ1) is 7.32. The molecule has 0 atom stereocenters. The SMILES string of the molecule is C[n+]1ccc(B2OC(C)(C)C(C)(C)O2)cc1. The molecule has 0 bridgehead atoms. The Labute approximate surface area is 97.5 Å². The molecule has 0 aromatic carbocycles. The zero-order chi connectivity index (χ0) is 12.0. The van der Waals surface area contributed by atoms with Crippen LogP contribution in [-0.2, 0) is 16.4 Å². The maximum absolute atomic E-state index is 5.96. The fourth-order valence-corrected chi connectivity index (χ4v) is 1.65. The topological polar surface area (TPSA) is 22.3 Å². The first-order valence-corrected chi connectivity index (χ1v) is 5.63. The van der Waals surface area contributed by atoms with Crippen molar-refractivity contribution in [3.05, 3.63) is 24.5 Å². The Bertz CT molecular complexity index is 371. The second-order valence-corrected chi connectivity index (χ2v) is 5.39. The highest BCUT2D eigenvalue weighted by Gasteiger charge is 2.51. The van der Waals surface area contributed by atoms with Crippen molar-refractivity contribution in [1.29, 1.82) is 0 Å². The average molecular weight is 220 g/mol. The lowest BCUT2D eigenvalue weighted by Crippen LogP contribution is -2.41. The third-order valence-electron chi connectivity index (χ3n) is 3.53. The van der Waals surface area contributed by atoms with E-state index in [0.29, 0.717) is 0 Å². The Balaban J connectivity index is 2.23. The minimum Gasteiger partial charge on any atom is -0.399 e. The summed E-state index contributed by atoms with van der Waals surface area (Å²) < 4.78 is 13.9. The van der Waals surface area contributed by atoms with E-state index in [4.69, 9.17) is 9.31 Å². The number of nitrogens with zero attached hydrogens (tertiary/aromatic N) is 1. The fraction of sp³-hybridized carbons (Fsp3) is 0.583. The minimum absolute atomic E-state index is 0.258. The van der Waals surface area contributed by atoms with Crippen LogP contribution in [0.15, 0.2) is 24.5 Å². The lowest BCUT2D eigenvalue weighted by Gasteiger charge is -2.32. The van der Waals surface area contributed by atoms with Gasteiger partial charge < -0.3 is 9.31 Å². The maximum atomic E-state index is 5.96. The van der Waals surface area contributed by atoms with Crippen molar-refractivity contribution < 1.29 is 13.9 Å². The highest BCUT2D eigenvalue weighted by Crippen LogP contribution is 2.36. The summed E-state index contributed by atoms with van der Waals surface area (Å²) >= 11 is 0. The largest absolute Gasteiger partial charge is 0.495 e. The van der Waals surface area contributed by atoms with E-state index in [1.165, 1.54) is 0 Å². The van der Waals surface area contributed by atoms with Gasteiger partial charge >= 0.3 is 7.12 Å². The second kappa shape index (κ2) is 3.57. The molecule has 0 N–H and O–H groups in total. The molecule has 3 nitrogen and oxygen atoms in total. The van der Waals surface area contributed by atoms with Crippen molar-refractivity contribution in [2.75, 3.05) is 0 Å². The van der Waals surface area contributed by atoms with E-state index in [2.05, 4.69) is 27.7 Å². The van der Waals surface area contributed by atoms with Gasteiger partial charge in [0.1, 0.15) is 7.05 Å². The standard InChI is InChI=1S/C12H19BNO2/c1-11(2)12(3,4)16-13(15-11)10-6-8-14(5)9-7-10/h6-9H,1-5H3/q+1. The van der Waals surface area contributed by atoms with Crippen LogP contribution in [0, 0.1) is 0 Å². The molecule has 1 fully saturated rings. The molecule has 0 spiro atoms. The molecular formula is C12H19BNO2+.